The van der Waals surface area contributed by atoms with E-state index in [-0.39, 0.29) is 51.8 Å². The van der Waals surface area contributed by atoms with Crippen molar-refractivity contribution in [2.45, 2.75) is 18.6 Å². The number of hydrogen-bond acceptors (Lipinski definition) is 16. The van der Waals surface area contributed by atoms with Gasteiger partial charge in [-0.2, -0.15) is 15.8 Å². The molecule has 0 bridgehead atoms. The number of fused-ring (bicyclic) bond motifs is 9. The van der Waals surface area contributed by atoms with Crippen molar-refractivity contribution in [1.82, 2.24) is 0 Å². The molecule has 0 aliphatic heterocycles. The molecule has 11 rings (SSSR count). The zero-order valence-corrected chi connectivity index (χ0v) is 39.3. The van der Waals surface area contributed by atoms with Crippen LogP contribution in [0, 0.1) is 57.3 Å². The van der Waals surface area contributed by atoms with Crippen molar-refractivity contribution in [3.8, 4) is 18.2 Å². The molecule has 0 unspecified atom stereocenters. The number of esters is 2. The van der Waals surface area contributed by atoms with Gasteiger partial charge in [0, 0.05) is 48.5 Å². The van der Waals surface area contributed by atoms with E-state index in [1.807, 2.05) is 0 Å². The number of nitrogens with zero attached hydrogens (tertiary/aromatic N) is 5. The number of halogens is 4. The van der Waals surface area contributed by atoms with E-state index in [9.17, 15) is 42.9 Å². The number of benzene rings is 4. The van der Waals surface area contributed by atoms with E-state index in [0.717, 1.165) is 28.2 Å². The van der Waals surface area contributed by atoms with Crippen LogP contribution >= 0.6 is 45.3 Å². The maximum atomic E-state index is 15.3. The van der Waals surface area contributed by atoms with Gasteiger partial charge in [-0.25, -0.2) is 27.5 Å². The number of thiophene rings is 4. The summed E-state index contributed by atoms with van der Waals surface area (Å²) in [6.45, 7) is -0.675. The normalized spacial score (nSPS) is 16.2. The summed E-state index contributed by atoms with van der Waals surface area (Å²) < 4.78 is 74.3. The smallest absolute Gasteiger partial charge is 0.334 e. The maximum absolute atomic E-state index is 15.3. The van der Waals surface area contributed by atoms with Gasteiger partial charge in [-0.15, -0.1) is 45.3 Å². The highest BCUT2D eigenvalue weighted by Gasteiger charge is 2.60. The van der Waals surface area contributed by atoms with Gasteiger partial charge in [-0.1, -0.05) is 60.7 Å². The monoisotopic (exact) mass is 1030 g/mol. The standard InChI is InChI=1S/C52H22F4N6O6S4/c53-29-11-25-27(13-31(29)55)43(63)41(38(25)24(17-57)18-58)61-36-15-34-40(52(36,50(65)67-20-22-7-3-1-4-8-22)51(66)68-21-23-9-5-2-6-10-23)46-48(69-34)49-47(72-46)45-35(70-49)16-37(71-45)62-42-39(33(60)19-59)26-12-30(54)32(56)14-28(26)44(42)64/h1-16H,20-21,60H2/b39-33+,61-41-,62-42+. The number of carbonyl (C=O) groups is 4. The van der Waals surface area contributed by atoms with E-state index in [1.165, 1.54) is 40.1 Å². The third-order valence-electron chi connectivity index (χ3n) is 12.0. The van der Waals surface area contributed by atoms with Gasteiger partial charge in [0.25, 0.3) is 0 Å². The first-order chi connectivity index (χ1) is 34.8. The van der Waals surface area contributed by atoms with Crippen LogP contribution in [0.2, 0.25) is 0 Å². The molecule has 4 aromatic heterocycles. The van der Waals surface area contributed by atoms with Crippen LogP contribution in [-0.4, -0.2) is 34.9 Å². The average molecular weight is 1030 g/mol. The lowest BCUT2D eigenvalue weighted by atomic mass is 9.81. The van der Waals surface area contributed by atoms with E-state index < -0.39 is 86.0 Å². The lowest BCUT2D eigenvalue weighted by molar-refractivity contribution is -0.164. The molecule has 348 valence electrons. The minimum absolute atomic E-state index is 0.0802. The highest BCUT2D eigenvalue weighted by Crippen LogP contribution is 2.59. The number of allylic oxidation sites excluding steroid dienone is 4. The largest absolute Gasteiger partial charge is 0.459 e. The molecule has 4 heterocycles. The average Bonchev–Trinajstić information content (AvgIpc) is 4.24. The van der Waals surface area contributed by atoms with Crippen LogP contribution < -0.4 is 5.73 Å². The van der Waals surface area contributed by atoms with Crippen molar-refractivity contribution in [3.63, 3.8) is 0 Å². The second-order valence-corrected chi connectivity index (χ2v) is 20.3. The van der Waals surface area contributed by atoms with Gasteiger partial charge < -0.3 is 15.2 Å². The number of rotatable bonds is 8. The number of ketones is 2. The molecule has 2 N–H and O–H groups in total. The van der Waals surface area contributed by atoms with Gasteiger partial charge in [-0.3, -0.25) is 19.2 Å². The molecule has 0 radical (unpaired) electrons. The van der Waals surface area contributed by atoms with Crippen molar-refractivity contribution in [3.05, 3.63) is 175 Å². The molecule has 0 saturated heterocycles. The number of hydrogen-bond donors (Lipinski definition) is 1. The van der Waals surface area contributed by atoms with Gasteiger partial charge in [0.1, 0.15) is 59.1 Å². The minimum atomic E-state index is -2.61. The third kappa shape index (κ3) is 6.93. The SMILES string of the molecule is N#CC(C#N)=C1/C(=N/C2=Cc3sc4c(sc5c6sc(/N=C7/C(=O)c8cc(F)c(F)cc8/C7=C(\N)C#N)cc6sc45)c3C2(C(=O)OCc2ccccc2)C(=O)OCc2ccccc2)C(=O)c2cc(F)c(F)cc21. The molecule has 0 amide bonds. The van der Waals surface area contributed by atoms with E-state index in [0.29, 0.717) is 51.6 Å². The molecule has 12 nitrogen and oxygen atoms in total. The number of aliphatic imine (C=N–C) groups is 2. The quantitative estimate of drug-likeness (QED) is 0.0659. The summed E-state index contributed by atoms with van der Waals surface area (Å²) in [5.74, 6) is -9.41. The fourth-order valence-electron chi connectivity index (χ4n) is 8.81. The molecule has 4 aromatic carbocycles. The number of nitrogens with two attached hydrogens (primary N) is 1. The Kier molecular flexibility index (Phi) is 11.0. The first-order valence-corrected chi connectivity index (χ1v) is 24.3. The van der Waals surface area contributed by atoms with Crippen molar-refractivity contribution in [1.29, 1.82) is 15.8 Å². The van der Waals surface area contributed by atoms with Crippen molar-refractivity contribution in [2.24, 2.45) is 15.7 Å². The van der Waals surface area contributed by atoms with E-state index in [1.54, 1.807) is 84.9 Å². The molecule has 20 heteroatoms. The number of ether oxygens (including phenoxy) is 2. The zero-order valence-electron chi connectivity index (χ0n) is 36.1. The number of carbonyl (C=O) groups excluding carboxylic acids is 4. The van der Waals surface area contributed by atoms with E-state index >= 15 is 9.59 Å². The van der Waals surface area contributed by atoms with Crippen LogP contribution in [0.1, 0.15) is 53.4 Å². The number of nitriles is 3. The Morgan fingerprint density at radius 3 is 1.64 bits per heavy atom. The highest BCUT2D eigenvalue weighted by molar-refractivity contribution is 7.45. The van der Waals surface area contributed by atoms with Crippen LogP contribution in [0.4, 0.5) is 22.6 Å². The maximum Gasteiger partial charge on any atom is 0.334 e. The predicted molar refractivity (Wildman–Crippen MR) is 263 cm³/mol. The van der Waals surface area contributed by atoms with Gasteiger partial charge >= 0.3 is 11.9 Å². The van der Waals surface area contributed by atoms with E-state index in [2.05, 4.69) is 9.98 Å². The molecule has 72 heavy (non-hydrogen) atoms. The Morgan fingerprint density at radius 2 is 1.10 bits per heavy atom. The van der Waals surface area contributed by atoms with Gasteiger partial charge in [0.15, 0.2) is 23.3 Å². The topological polar surface area (TPSA) is 209 Å². The van der Waals surface area contributed by atoms with Crippen molar-refractivity contribution in [2.75, 3.05) is 0 Å². The van der Waals surface area contributed by atoms with Crippen LogP contribution in [0.25, 0.3) is 45.4 Å². The van der Waals surface area contributed by atoms with E-state index in [4.69, 9.17) is 15.2 Å². The lowest BCUT2D eigenvalue weighted by Crippen LogP contribution is -2.46. The summed E-state index contributed by atoms with van der Waals surface area (Å²) in [5, 5.41) is 30.2. The summed E-state index contributed by atoms with van der Waals surface area (Å²) in [4.78, 5) is 68.1. The molecular weight excluding hydrogens is 1010 g/mol. The third-order valence-corrected chi connectivity index (χ3v) is 17.3. The second kappa shape index (κ2) is 17.3. The van der Waals surface area contributed by atoms with Crippen LogP contribution in [0.5, 0.6) is 0 Å². The zero-order chi connectivity index (χ0) is 50.3. The Bertz CT molecular complexity index is 4050. The summed E-state index contributed by atoms with van der Waals surface area (Å²) >= 11 is 4.88. The summed E-state index contributed by atoms with van der Waals surface area (Å²) in [5.41, 5.74) is 0.540. The summed E-state index contributed by atoms with van der Waals surface area (Å²) in [6.07, 6.45) is 1.41. The van der Waals surface area contributed by atoms with Crippen molar-refractivity contribution >= 4 is 131 Å². The molecule has 3 aliphatic carbocycles. The molecule has 8 aromatic rings. The Hall–Kier alpha value is -8.71. The highest BCUT2D eigenvalue weighted by atomic mass is 32.1. The number of Topliss-reactive ketones (excluding diaryl/α,β-unsaturated/α-hetero) is 2. The molecule has 0 saturated carbocycles. The van der Waals surface area contributed by atoms with Crippen LogP contribution in [0.15, 0.2) is 118 Å². The molecule has 3 aliphatic rings. The molecule has 0 atom stereocenters. The minimum Gasteiger partial charge on any atom is -0.459 e. The molecular formula is C52H22F4N6O6S4. The van der Waals surface area contributed by atoms with Crippen LogP contribution in [-0.2, 0) is 37.7 Å². The fraction of sp³-hybridized carbons (Fsp3) is 0.0577. The molecule has 0 spiro atoms. The Balaban J connectivity index is 1.11. The summed E-state index contributed by atoms with van der Waals surface area (Å²) in [7, 11) is 0. The van der Waals surface area contributed by atoms with Crippen molar-refractivity contribution < 1.29 is 46.2 Å². The van der Waals surface area contributed by atoms with Crippen LogP contribution in [0.3, 0.4) is 0 Å². The fourth-order valence-corrected chi connectivity index (χ4v) is 14.6. The first kappa shape index (κ1) is 45.7. The predicted octanol–water partition coefficient (Wildman–Crippen LogP) is 11.3. The summed E-state index contributed by atoms with van der Waals surface area (Å²) in [6, 6.07) is 26.8. The lowest BCUT2D eigenvalue weighted by Gasteiger charge is -2.27. The second-order valence-electron chi connectivity index (χ2n) is 16.1. The molecule has 0 fully saturated rings. The van der Waals surface area contributed by atoms with Gasteiger partial charge in [0.05, 0.1) is 29.2 Å². The van der Waals surface area contributed by atoms with Gasteiger partial charge in [0.2, 0.25) is 17.0 Å². The Labute approximate surface area is 418 Å². The Morgan fingerprint density at radius 1 is 0.597 bits per heavy atom. The van der Waals surface area contributed by atoms with Gasteiger partial charge in [-0.05, 0) is 47.5 Å². The first-order valence-electron chi connectivity index (χ1n) is 21.0.